The molecular formula is C27H32N2O6. The van der Waals surface area contributed by atoms with Crippen LogP contribution < -0.4 is 5.32 Å². The quantitative estimate of drug-likeness (QED) is 0.569. The maximum absolute atomic E-state index is 13.1. The number of alkyl carbamates (subject to hydrolysis) is 1. The Kier molecular flexibility index (Phi) is 7.70. The molecule has 0 spiro atoms. The molecule has 0 saturated carbocycles. The van der Waals surface area contributed by atoms with Crippen molar-refractivity contribution in [3.63, 3.8) is 0 Å². The van der Waals surface area contributed by atoms with Gasteiger partial charge in [0.2, 0.25) is 5.91 Å². The molecule has 0 bridgehead atoms. The minimum absolute atomic E-state index is 0.0393. The number of amides is 2. The van der Waals surface area contributed by atoms with Crippen LogP contribution in [0.3, 0.4) is 0 Å². The van der Waals surface area contributed by atoms with Crippen LogP contribution in [0.5, 0.6) is 0 Å². The lowest BCUT2D eigenvalue weighted by molar-refractivity contribution is -0.146. The Hall–Kier alpha value is -3.39. The van der Waals surface area contributed by atoms with E-state index in [2.05, 4.69) is 29.6 Å². The Morgan fingerprint density at radius 3 is 2.31 bits per heavy atom. The highest BCUT2D eigenvalue weighted by molar-refractivity contribution is 5.81. The van der Waals surface area contributed by atoms with Crippen molar-refractivity contribution in [1.82, 2.24) is 10.2 Å². The number of nitrogens with one attached hydrogen (secondary N) is 1. The van der Waals surface area contributed by atoms with Crippen molar-refractivity contribution < 1.29 is 29.0 Å². The van der Waals surface area contributed by atoms with Crippen molar-refractivity contribution in [2.45, 2.75) is 32.2 Å². The van der Waals surface area contributed by atoms with Crippen LogP contribution in [0.1, 0.15) is 37.3 Å². The van der Waals surface area contributed by atoms with Crippen LogP contribution in [0.15, 0.2) is 48.5 Å². The van der Waals surface area contributed by atoms with Crippen molar-refractivity contribution in [2.24, 2.45) is 11.8 Å². The fourth-order valence-electron chi connectivity index (χ4n) is 5.02. The molecule has 3 atom stereocenters. The molecule has 2 aliphatic rings. The van der Waals surface area contributed by atoms with Crippen molar-refractivity contribution in [2.75, 3.05) is 32.9 Å². The van der Waals surface area contributed by atoms with Gasteiger partial charge in [-0.2, -0.15) is 0 Å². The van der Waals surface area contributed by atoms with E-state index in [1.165, 1.54) is 0 Å². The molecule has 35 heavy (non-hydrogen) atoms. The van der Waals surface area contributed by atoms with Crippen LogP contribution in [0.2, 0.25) is 0 Å². The number of benzene rings is 2. The molecule has 186 valence electrons. The molecule has 1 heterocycles. The summed E-state index contributed by atoms with van der Waals surface area (Å²) in [6, 6.07) is 15.7. The first-order valence-electron chi connectivity index (χ1n) is 12.1. The van der Waals surface area contributed by atoms with Gasteiger partial charge < -0.3 is 24.8 Å². The lowest BCUT2D eigenvalue weighted by atomic mass is 9.98. The van der Waals surface area contributed by atoms with Crippen molar-refractivity contribution >= 4 is 18.0 Å². The number of carboxylic acid groups (broad SMARTS) is 1. The van der Waals surface area contributed by atoms with Crippen LogP contribution in [-0.2, 0) is 19.1 Å². The first-order chi connectivity index (χ1) is 16.9. The first-order valence-corrected chi connectivity index (χ1v) is 12.1. The zero-order valence-corrected chi connectivity index (χ0v) is 20.1. The molecule has 0 aromatic heterocycles. The van der Waals surface area contributed by atoms with E-state index >= 15 is 0 Å². The number of ether oxygens (including phenoxy) is 2. The van der Waals surface area contributed by atoms with Crippen LogP contribution in [0, 0.1) is 11.8 Å². The van der Waals surface area contributed by atoms with E-state index in [0.29, 0.717) is 13.0 Å². The molecule has 8 heteroatoms. The Morgan fingerprint density at radius 2 is 1.71 bits per heavy atom. The van der Waals surface area contributed by atoms with E-state index in [1.807, 2.05) is 31.2 Å². The Labute approximate surface area is 205 Å². The van der Waals surface area contributed by atoms with Crippen LogP contribution >= 0.6 is 0 Å². The van der Waals surface area contributed by atoms with Gasteiger partial charge in [0.15, 0.2) is 0 Å². The van der Waals surface area contributed by atoms with Crippen LogP contribution in [0.25, 0.3) is 11.1 Å². The number of fused-ring (bicyclic) bond motifs is 3. The number of carbonyl (C=O) groups is 3. The second-order valence-electron chi connectivity index (χ2n) is 9.19. The third kappa shape index (κ3) is 5.17. The number of nitrogens with zero attached hydrogens (tertiary/aromatic N) is 1. The van der Waals surface area contributed by atoms with E-state index in [9.17, 15) is 19.5 Å². The first kappa shape index (κ1) is 24.7. The molecule has 4 rings (SSSR count). The van der Waals surface area contributed by atoms with Gasteiger partial charge >= 0.3 is 12.1 Å². The molecule has 8 nitrogen and oxygen atoms in total. The van der Waals surface area contributed by atoms with E-state index < -0.39 is 29.9 Å². The van der Waals surface area contributed by atoms with E-state index in [4.69, 9.17) is 9.47 Å². The largest absolute Gasteiger partial charge is 0.481 e. The average Bonchev–Trinajstić information content (AvgIpc) is 3.47. The number of aliphatic carboxylic acids is 1. The molecule has 2 N–H and O–H groups in total. The fraction of sp³-hybridized carbons (Fsp3) is 0.444. The van der Waals surface area contributed by atoms with Gasteiger partial charge in [0, 0.05) is 19.0 Å². The van der Waals surface area contributed by atoms with Crippen molar-refractivity contribution in [3.8, 4) is 11.1 Å². The van der Waals surface area contributed by atoms with Crippen molar-refractivity contribution in [3.05, 3.63) is 59.7 Å². The third-order valence-corrected chi connectivity index (χ3v) is 6.83. The summed E-state index contributed by atoms with van der Waals surface area (Å²) in [6.45, 7) is 4.69. The summed E-state index contributed by atoms with van der Waals surface area (Å²) in [5, 5.41) is 12.2. The lowest BCUT2D eigenvalue weighted by Gasteiger charge is -2.32. The second kappa shape index (κ2) is 10.9. The van der Waals surface area contributed by atoms with Gasteiger partial charge in [-0.3, -0.25) is 9.59 Å². The van der Waals surface area contributed by atoms with E-state index in [0.717, 1.165) is 22.3 Å². The topological polar surface area (TPSA) is 105 Å². The van der Waals surface area contributed by atoms with Crippen LogP contribution in [0.4, 0.5) is 4.79 Å². The monoisotopic (exact) mass is 480 g/mol. The maximum atomic E-state index is 13.1. The molecule has 2 amide bonds. The summed E-state index contributed by atoms with van der Waals surface area (Å²) in [6.07, 6.45) is 0.113. The van der Waals surface area contributed by atoms with Gasteiger partial charge in [-0.15, -0.1) is 0 Å². The fourth-order valence-corrected chi connectivity index (χ4v) is 5.02. The average molecular weight is 481 g/mol. The van der Waals surface area contributed by atoms with E-state index in [-0.39, 0.29) is 38.2 Å². The molecular weight excluding hydrogens is 448 g/mol. The zero-order chi connectivity index (χ0) is 24.9. The molecule has 1 fully saturated rings. The zero-order valence-electron chi connectivity index (χ0n) is 20.1. The normalized spacial score (nSPS) is 19.5. The van der Waals surface area contributed by atoms with Gasteiger partial charge in [0.25, 0.3) is 0 Å². The highest BCUT2D eigenvalue weighted by atomic mass is 16.5. The summed E-state index contributed by atoms with van der Waals surface area (Å²) in [4.78, 5) is 38.8. The maximum Gasteiger partial charge on any atom is 0.407 e. The number of hydrogen-bond donors (Lipinski definition) is 2. The van der Waals surface area contributed by atoms with Gasteiger partial charge in [-0.25, -0.2) is 4.79 Å². The summed E-state index contributed by atoms with van der Waals surface area (Å²) < 4.78 is 10.9. The SMILES string of the molecule is CCCN(C(=O)C(C)CNC(=O)OCC1c2ccccc2-c2ccccc21)C1COCC1C(=O)O. The number of carbonyl (C=O) groups excluding carboxylic acids is 2. The summed E-state index contributed by atoms with van der Waals surface area (Å²) in [5.41, 5.74) is 4.57. The summed E-state index contributed by atoms with van der Waals surface area (Å²) >= 11 is 0. The molecule has 0 radical (unpaired) electrons. The summed E-state index contributed by atoms with van der Waals surface area (Å²) in [7, 11) is 0. The minimum Gasteiger partial charge on any atom is -0.481 e. The Bertz CT molecular complexity index is 1040. The lowest BCUT2D eigenvalue weighted by Crippen LogP contribution is -2.50. The van der Waals surface area contributed by atoms with Gasteiger partial charge in [-0.1, -0.05) is 62.4 Å². The minimum atomic E-state index is -0.967. The molecule has 1 aliphatic heterocycles. The number of carboxylic acids is 1. The van der Waals surface area contributed by atoms with Gasteiger partial charge in [0.1, 0.15) is 12.5 Å². The van der Waals surface area contributed by atoms with Gasteiger partial charge in [0.05, 0.1) is 25.2 Å². The van der Waals surface area contributed by atoms with Crippen molar-refractivity contribution in [1.29, 1.82) is 0 Å². The standard InChI is InChI=1S/C27H32N2O6/c1-3-12-29(24-16-34-14-23(24)26(31)32)25(30)17(2)13-28-27(33)35-15-22-20-10-6-4-8-18(20)19-9-5-7-11-21(19)22/h4-11,17,22-24H,3,12-16H2,1-2H3,(H,28,33)(H,31,32). The Balaban J connectivity index is 1.33. The number of rotatable bonds is 9. The number of hydrogen-bond acceptors (Lipinski definition) is 5. The predicted molar refractivity (Wildman–Crippen MR) is 130 cm³/mol. The highest BCUT2D eigenvalue weighted by Gasteiger charge is 2.40. The highest BCUT2D eigenvalue weighted by Crippen LogP contribution is 2.44. The summed E-state index contributed by atoms with van der Waals surface area (Å²) in [5.74, 6) is -2.48. The molecule has 2 aromatic carbocycles. The molecule has 3 unspecified atom stereocenters. The smallest absolute Gasteiger partial charge is 0.407 e. The predicted octanol–water partition coefficient (Wildman–Crippen LogP) is 3.50. The molecule has 1 aliphatic carbocycles. The second-order valence-corrected chi connectivity index (χ2v) is 9.19. The van der Waals surface area contributed by atoms with Crippen LogP contribution in [-0.4, -0.2) is 66.9 Å². The molecule has 2 aromatic rings. The van der Waals surface area contributed by atoms with E-state index in [1.54, 1.807) is 11.8 Å². The molecule has 1 saturated heterocycles. The van der Waals surface area contributed by atoms with Gasteiger partial charge in [-0.05, 0) is 28.7 Å². The Morgan fingerprint density at radius 1 is 1.09 bits per heavy atom. The third-order valence-electron chi connectivity index (χ3n) is 6.83.